The highest BCUT2D eigenvalue weighted by molar-refractivity contribution is 5.93. The number of Topliss-reactive ketones (excluding diaryl/α,β-unsaturated/α-hetero) is 1. The van der Waals surface area contributed by atoms with Crippen molar-refractivity contribution in [3.8, 4) is 5.75 Å². The predicted molar refractivity (Wildman–Crippen MR) is 62.9 cm³/mol. The average molecular weight is 233 g/mol. The van der Waals surface area contributed by atoms with Gasteiger partial charge in [0.1, 0.15) is 17.6 Å². The molecule has 2 N–H and O–H groups in total. The van der Waals surface area contributed by atoms with Gasteiger partial charge in [-0.05, 0) is 31.0 Å². The minimum atomic E-state index is -0.477. The Balaban J connectivity index is 2.05. The summed E-state index contributed by atoms with van der Waals surface area (Å²) in [5.41, 5.74) is 5.61. The van der Waals surface area contributed by atoms with Gasteiger partial charge in [0.25, 0.3) is 0 Å². The van der Waals surface area contributed by atoms with E-state index >= 15 is 0 Å². The van der Waals surface area contributed by atoms with Crippen LogP contribution < -0.4 is 10.5 Å². The third-order valence-corrected chi connectivity index (χ3v) is 2.86. The molecule has 0 aromatic heterocycles. The number of benzene rings is 1. The summed E-state index contributed by atoms with van der Waals surface area (Å²) in [5.74, 6) is 0.364. The molecular formula is C13H15NO3. The number of rotatable bonds is 3. The van der Waals surface area contributed by atoms with Crippen LogP contribution in [0.5, 0.6) is 5.75 Å². The van der Waals surface area contributed by atoms with E-state index in [4.69, 9.17) is 10.5 Å². The van der Waals surface area contributed by atoms with Gasteiger partial charge in [-0.3, -0.25) is 9.59 Å². The first-order valence-corrected chi connectivity index (χ1v) is 5.73. The molecule has 0 heterocycles. The van der Waals surface area contributed by atoms with Crippen molar-refractivity contribution in [2.45, 2.75) is 31.8 Å². The van der Waals surface area contributed by atoms with Crippen LogP contribution in [-0.2, 0) is 4.79 Å². The van der Waals surface area contributed by atoms with E-state index in [1.54, 1.807) is 24.3 Å². The first-order valence-electron chi connectivity index (χ1n) is 5.73. The lowest BCUT2D eigenvalue weighted by atomic mass is 9.96. The minimum Gasteiger partial charge on any atom is -0.490 e. The number of carbonyl (C=O) groups excluding carboxylic acids is 2. The normalized spacial score (nSPS) is 20.0. The molecule has 4 heteroatoms. The molecule has 1 fully saturated rings. The molecule has 1 aromatic carbocycles. The van der Waals surface area contributed by atoms with E-state index in [2.05, 4.69) is 0 Å². The van der Waals surface area contributed by atoms with E-state index < -0.39 is 5.91 Å². The quantitative estimate of drug-likeness (QED) is 0.863. The summed E-state index contributed by atoms with van der Waals surface area (Å²) in [7, 11) is 0. The molecular weight excluding hydrogens is 218 g/mol. The number of hydrogen-bond acceptors (Lipinski definition) is 3. The van der Waals surface area contributed by atoms with Crippen LogP contribution in [-0.4, -0.2) is 17.8 Å². The maximum absolute atomic E-state index is 11.3. The molecule has 0 aliphatic heterocycles. The molecule has 2 rings (SSSR count). The van der Waals surface area contributed by atoms with Crippen LogP contribution in [0, 0.1) is 0 Å². The van der Waals surface area contributed by atoms with Gasteiger partial charge in [-0.15, -0.1) is 0 Å². The average Bonchev–Trinajstić information content (AvgIpc) is 2.29. The Morgan fingerprint density at radius 1 is 1.41 bits per heavy atom. The second kappa shape index (κ2) is 4.99. The lowest BCUT2D eigenvalue weighted by molar-refractivity contribution is -0.122. The molecule has 1 atom stereocenters. The molecule has 0 radical (unpaired) electrons. The summed E-state index contributed by atoms with van der Waals surface area (Å²) in [4.78, 5) is 22.3. The summed E-state index contributed by atoms with van der Waals surface area (Å²) >= 11 is 0. The van der Waals surface area contributed by atoms with Gasteiger partial charge in [-0.1, -0.05) is 6.07 Å². The zero-order valence-corrected chi connectivity index (χ0v) is 9.52. The number of ether oxygens (including phenoxy) is 1. The Bertz CT molecular complexity index is 442. The first kappa shape index (κ1) is 11.6. The third-order valence-electron chi connectivity index (χ3n) is 2.86. The summed E-state index contributed by atoms with van der Waals surface area (Å²) in [6.07, 6.45) is 2.80. The van der Waals surface area contributed by atoms with Crippen molar-refractivity contribution in [1.29, 1.82) is 0 Å². The van der Waals surface area contributed by atoms with Crippen LogP contribution in [0.4, 0.5) is 0 Å². The van der Waals surface area contributed by atoms with Gasteiger partial charge in [0.2, 0.25) is 5.91 Å². The van der Waals surface area contributed by atoms with Gasteiger partial charge in [0.15, 0.2) is 0 Å². The standard InChI is InChI=1S/C13H15NO3/c14-13(16)9-3-1-5-11(7-9)17-12-6-2-4-10(15)8-12/h1,3,5,7,12H,2,4,6,8H2,(H2,14,16). The minimum absolute atomic E-state index is 0.0700. The van der Waals surface area contributed by atoms with Gasteiger partial charge in [-0.25, -0.2) is 0 Å². The van der Waals surface area contributed by atoms with E-state index in [1.807, 2.05) is 0 Å². The van der Waals surface area contributed by atoms with Gasteiger partial charge in [-0.2, -0.15) is 0 Å². The largest absolute Gasteiger partial charge is 0.490 e. The Morgan fingerprint density at radius 3 is 2.94 bits per heavy atom. The highest BCUT2D eigenvalue weighted by atomic mass is 16.5. The number of primary amides is 1. The van der Waals surface area contributed by atoms with Crippen LogP contribution in [0.25, 0.3) is 0 Å². The molecule has 1 saturated carbocycles. The fourth-order valence-corrected chi connectivity index (χ4v) is 2.00. The highest BCUT2D eigenvalue weighted by Gasteiger charge is 2.20. The third kappa shape index (κ3) is 3.06. The van der Waals surface area contributed by atoms with Crippen molar-refractivity contribution in [3.05, 3.63) is 29.8 Å². The van der Waals surface area contributed by atoms with Crippen molar-refractivity contribution < 1.29 is 14.3 Å². The molecule has 17 heavy (non-hydrogen) atoms. The van der Waals surface area contributed by atoms with Crippen molar-refractivity contribution in [1.82, 2.24) is 0 Å². The molecule has 1 amide bonds. The second-order valence-corrected chi connectivity index (χ2v) is 4.27. The molecule has 0 saturated heterocycles. The number of ketones is 1. The van der Waals surface area contributed by atoms with Crippen molar-refractivity contribution in [2.24, 2.45) is 5.73 Å². The zero-order valence-electron chi connectivity index (χ0n) is 9.52. The van der Waals surface area contributed by atoms with E-state index in [1.165, 1.54) is 0 Å². The van der Waals surface area contributed by atoms with E-state index in [0.717, 1.165) is 12.8 Å². The summed E-state index contributed by atoms with van der Waals surface area (Å²) in [5, 5.41) is 0. The van der Waals surface area contributed by atoms with Crippen molar-refractivity contribution >= 4 is 11.7 Å². The smallest absolute Gasteiger partial charge is 0.248 e. The summed E-state index contributed by atoms with van der Waals surface area (Å²) < 4.78 is 5.69. The summed E-state index contributed by atoms with van der Waals surface area (Å²) in [6.45, 7) is 0. The number of nitrogens with two attached hydrogens (primary N) is 1. The van der Waals surface area contributed by atoms with Crippen LogP contribution >= 0.6 is 0 Å². The maximum atomic E-state index is 11.3. The van der Waals surface area contributed by atoms with Crippen molar-refractivity contribution in [2.75, 3.05) is 0 Å². The topological polar surface area (TPSA) is 69.4 Å². The Morgan fingerprint density at radius 2 is 2.24 bits per heavy atom. The Hall–Kier alpha value is -1.84. The maximum Gasteiger partial charge on any atom is 0.248 e. The van der Waals surface area contributed by atoms with Crippen molar-refractivity contribution in [3.63, 3.8) is 0 Å². The van der Waals surface area contributed by atoms with Gasteiger partial charge >= 0.3 is 0 Å². The Labute approximate surface area is 99.8 Å². The van der Waals surface area contributed by atoms with E-state index in [0.29, 0.717) is 24.2 Å². The van der Waals surface area contributed by atoms with Crippen LogP contribution in [0.1, 0.15) is 36.0 Å². The second-order valence-electron chi connectivity index (χ2n) is 4.27. The van der Waals surface area contributed by atoms with Gasteiger partial charge in [0.05, 0.1) is 0 Å². The predicted octanol–water partition coefficient (Wildman–Crippen LogP) is 1.68. The van der Waals surface area contributed by atoms with Crippen LogP contribution in [0.15, 0.2) is 24.3 Å². The monoisotopic (exact) mass is 233 g/mol. The Kier molecular flexibility index (Phi) is 3.42. The fourth-order valence-electron chi connectivity index (χ4n) is 2.00. The molecule has 0 spiro atoms. The number of hydrogen-bond donors (Lipinski definition) is 1. The number of carbonyl (C=O) groups is 2. The molecule has 90 valence electrons. The van der Waals surface area contributed by atoms with Gasteiger partial charge in [0, 0.05) is 18.4 Å². The van der Waals surface area contributed by atoms with Crippen LogP contribution in [0.2, 0.25) is 0 Å². The van der Waals surface area contributed by atoms with Crippen LogP contribution in [0.3, 0.4) is 0 Å². The number of amides is 1. The lowest BCUT2D eigenvalue weighted by Gasteiger charge is -2.22. The van der Waals surface area contributed by atoms with Gasteiger partial charge < -0.3 is 10.5 Å². The molecule has 1 aromatic rings. The zero-order chi connectivity index (χ0) is 12.3. The highest BCUT2D eigenvalue weighted by Crippen LogP contribution is 2.22. The molecule has 4 nitrogen and oxygen atoms in total. The molecule has 1 unspecified atom stereocenters. The fraction of sp³-hybridized carbons (Fsp3) is 0.385. The molecule has 1 aliphatic carbocycles. The molecule has 1 aliphatic rings. The lowest BCUT2D eigenvalue weighted by Crippen LogP contribution is -2.25. The van der Waals surface area contributed by atoms with E-state index in [-0.39, 0.29) is 11.9 Å². The molecule has 0 bridgehead atoms. The summed E-state index contributed by atoms with van der Waals surface area (Å²) in [6, 6.07) is 6.74. The SMILES string of the molecule is NC(=O)c1cccc(OC2CCCC(=O)C2)c1. The van der Waals surface area contributed by atoms with E-state index in [9.17, 15) is 9.59 Å². The first-order chi connectivity index (χ1) is 8.15.